The molecule has 18 heavy (non-hydrogen) atoms. The molecule has 3 N–H and O–H groups in total. The van der Waals surface area contributed by atoms with E-state index in [4.69, 9.17) is 27.5 Å². The van der Waals surface area contributed by atoms with Crippen molar-refractivity contribution in [1.29, 1.82) is 5.41 Å². The van der Waals surface area contributed by atoms with Crippen molar-refractivity contribution in [3.63, 3.8) is 0 Å². The fourth-order valence-electron chi connectivity index (χ4n) is 1.24. The molecule has 0 amide bonds. The Morgan fingerprint density at radius 1 is 1.39 bits per heavy atom. The Kier molecular flexibility index (Phi) is 4.84. The van der Waals surface area contributed by atoms with Crippen LogP contribution in [0.15, 0.2) is 18.2 Å². The van der Waals surface area contributed by atoms with Crippen molar-refractivity contribution in [1.82, 2.24) is 0 Å². The number of ether oxygens (including phenoxy) is 1. The van der Waals surface area contributed by atoms with Gasteiger partial charge in [-0.1, -0.05) is 11.6 Å². The third-order valence-electron chi connectivity index (χ3n) is 2.11. The molecule has 7 heteroatoms. The number of nitrogens with one attached hydrogen (secondary N) is 1. The first-order valence-electron chi connectivity index (χ1n) is 5.13. The summed E-state index contributed by atoms with van der Waals surface area (Å²) >= 11 is 5.84. The van der Waals surface area contributed by atoms with Crippen LogP contribution in [0.5, 0.6) is 5.75 Å². The molecule has 1 aromatic carbocycles. The number of hydrogen-bond donors (Lipinski definition) is 2. The summed E-state index contributed by atoms with van der Waals surface area (Å²) in [5, 5.41) is 7.41. The summed E-state index contributed by atoms with van der Waals surface area (Å²) in [5.74, 6) is 0.143. The lowest BCUT2D eigenvalue weighted by Gasteiger charge is -2.10. The molecule has 0 aliphatic heterocycles. The van der Waals surface area contributed by atoms with Gasteiger partial charge in [-0.05, 0) is 24.6 Å². The maximum absolute atomic E-state index is 11.9. The van der Waals surface area contributed by atoms with E-state index in [1.807, 2.05) is 0 Å². The van der Waals surface area contributed by atoms with Gasteiger partial charge in [-0.3, -0.25) is 5.41 Å². The summed E-state index contributed by atoms with van der Waals surface area (Å²) in [4.78, 5) is 0. The van der Waals surface area contributed by atoms with Crippen LogP contribution in [0.2, 0.25) is 5.02 Å². The molecule has 0 heterocycles. The zero-order valence-electron chi connectivity index (χ0n) is 9.35. The average Bonchev–Trinajstić information content (AvgIpc) is 2.24. The first-order chi connectivity index (χ1) is 8.29. The fraction of sp³-hybridized carbons (Fsp3) is 0.364. The Morgan fingerprint density at radius 2 is 2.06 bits per heavy atom. The number of amidine groups is 1. The first kappa shape index (κ1) is 14.6. The molecule has 0 saturated heterocycles. The van der Waals surface area contributed by atoms with Crippen molar-refractivity contribution in [2.24, 2.45) is 5.73 Å². The minimum atomic E-state index is -4.17. The minimum absolute atomic E-state index is 0.0708. The molecule has 0 fully saturated rings. The molecule has 0 aromatic heterocycles. The Labute approximate surface area is 107 Å². The second-order valence-electron chi connectivity index (χ2n) is 3.63. The van der Waals surface area contributed by atoms with Crippen LogP contribution in [0.4, 0.5) is 13.2 Å². The molecule has 1 aromatic rings. The predicted octanol–water partition coefficient (Wildman–Crippen LogP) is 3.35. The monoisotopic (exact) mass is 280 g/mol. The molecule has 0 bridgehead atoms. The van der Waals surface area contributed by atoms with Gasteiger partial charge >= 0.3 is 6.18 Å². The highest BCUT2D eigenvalue weighted by molar-refractivity contribution is 6.32. The van der Waals surface area contributed by atoms with Crippen molar-refractivity contribution in [2.45, 2.75) is 19.0 Å². The normalized spacial score (nSPS) is 11.3. The van der Waals surface area contributed by atoms with Crippen molar-refractivity contribution in [3.05, 3.63) is 28.8 Å². The van der Waals surface area contributed by atoms with Crippen molar-refractivity contribution < 1.29 is 17.9 Å². The molecule has 0 spiro atoms. The van der Waals surface area contributed by atoms with Crippen LogP contribution in [-0.4, -0.2) is 18.6 Å². The van der Waals surface area contributed by atoms with E-state index in [0.29, 0.717) is 5.56 Å². The lowest BCUT2D eigenvalue weighted by molar-refractivity contribution is -0.136. The highest BCUT2D eigenvalue weighted by Gasteiger charge is 2.26. The SMILES string of the molecule is N=C(N)c1ccc(OCCCC(F)(F)F)c(Cl)c1. The van der Waals surface area contributed by atoms with Crippen LogP contribution in [0, 0.1) is 5.41 Å². The summed E-state index contributed by atoms with van der Waals surface area (Å²) < 4.78 is 40.8. The molecule has 0 aliphatic rings. The Balaban J connectivity index is 2.51. The third kappa shape index (κ3) is 4.83. The Bertz CT molecular complexity index is 435. The molecule has 0 atom stereocenters. The number of nitrogen functional groups attached to an aromatic ring is 1. The highest BCUT2D eigenvalue weighted by atomic mass is 35.5. The lowest BCUT2D eigenvalue weighted by Crippen LogP contribution is -2.11. The highest BCUT2D eigenvalue weighted by Crippen LogP contribution is 2.26. The number of benzene rings is 1. The molecular weight excluding hydrogens is 269 g/mol. The summed E-state index contributed by atoms with van der Waals surface area (Å²) in [6.45, 7) is -0.0708. The molecule has 0 radical (unpaired) electrons. The summed E-state index contributed by atoms with van der Waals surface area (Å²) in [5.41, 5.74) is 5.69. The van der Waals surface area contributed by atoms with Crippen LogP contribution in [-0.2, 0) is 0 Å². The summed E-state index contributed by atoms with van der Waals surface area (Å²) in [7, 11) is 0. The van der Waals surface area contributed by atoms with Crippen molar-refractivity contribution >= 4 is 17.4 Å². The van der Waals surface area contributed by atoms with Gasteiger partial charge in [-0.25, -0.2) is 0 Å². The van der Waals surface area contributed by atoms with Gasteiger partial charge in [-0.2, -0.15) is 13.2 Å². The number of rotatable bonds is 5. The van der Waals surface area contributed by atoms with E-state index in [2.05, 4.69) is 0 Å². The minimum Gasteiger partial charge on any atom is -0.492 e. The predicted molar refractivity (Wildman–Crippen MR) is 63.3 cm³/mol. The van der Waals surface area contributed by atoms with Gasteiger partial charge in [-0.15, -0.1) is 0 Å². The maximum atomic E-state index is 11.9. The molecule has 0 aliphatic carbocycles. The second kappa shape index (κ2) is 5.95. The van der Waals surface area contributed by atoms with Gasteiger partial charge < -0.3 is 10.5 Å². The number of alkyl halides is 3. The average molecular weight is 281 g/mol. The van der Waals surface area contributed by atoms with E-state index in [1.54, 1.807) is 0 Å². The topological polar surface area (TPSA) is 59.1 Å². The van der Waals surface area contributed by atoms with E-state index < -0.39 is 12.6 Å². The van der Waals surface area contributed by atoms with Gasteiger partial charge in [0.05, 0.1) is 11.6 Å². The smallest absolute Gasteiger partial charge is 0.389 e. The van der Waals surface area contributed by atoms with Crippen LogP contribution < -0.4 is 10.5 Å². The van der Waals surface area contributed by atoms with Crippen LogP contribution in [0.1, 0.15) is 18.4 Å². The number of halogens is 4. The van der Waals surface area contributed by atoms with Gasteiger partial charge in [0.15, 0.2) is 0 Å². The van der Waals surface area contributed by atoms with Crippen LogP contribution >= 0.6 is 11.6 Å². The van der Waals surface area contributed by atoms with Gasteiger partial charge in [0.2, 0.25) is 0 Å². The Hall–Kier alpha value is -1.43. The van der Waals surface area contributed by atoms with Crippen molar-refractivity contribution in [3.8, 4) is 5.75 Å². The fourth-order valence-corrected chi connectivity index (χ4v) is 1.48. The molecule has 0 saturated carbocycles. The van der Waals surface area contributed by atoms with Gasteiger partial charge in [0.25, 0.3) is 0 Å². The van der Waals surface area contributed by atoms with Crippen molar-refractivity contribution in [2.75, 3.05) is 6.61 Å². The Morgan fingerprint density at radius 3 is 2.56 bits per heavy atom. The molecule has 3 nitrogen and oxygen atoms in total. The zero-order valence-corrected chi connectivity index (χ0v) is 10.1. The molecule has 0 unspecified atom stereocenters. The van der Waals surface area contributed by atoms with E-state index in [-0.39, 0.29) is 29.6 Å². The largest absolute Gasteiger partial charge is 0.492 e. The van der Waals surface area contributed by atoms with E-state index in [1.165, 1.54) is 18.2 Å². The van der Waals surface area contributed by atoms with E-state index >= 15 is 0 Å². The van der Waals surface area contributed by atoms with Gasteiger partial charge in [0, 0.05) is 12.0 Å². The van der Waals surface area contributed by atoms with Gasteiger partial charge in [0.1, 0.15) is 11.6 Å². The number of nitrogens with two attached hydrogens (primary N) is 1. The van der Waals surface area contributed by atoms with E-state index in [0.717, 1.165) is 0 Å². The lowest BCUT2D eigenvalue weighted by atomic mass is 10.2. The van der Waals surface area contributed by atoms with E-state index in [9.17, 15) is 13.2 Å². The maximum Gasteiger partial charge on any atom is 0.389 e. The molecule has 1 rings (SSSR count). The standard InChI is InChI=1S/C11H12ClF3N2O/c12-8-6-7(10(16)17)2-3-9(8)18-5-1-4-11(13,14)15/h2-3,6H,1,4-5H2,(H3,16,17). The molecular formula is C11H12ClF3N2O. The third-order valence-corrected chi connectivity index (χ3v) is 2.40. The molecule has 100 valence electrons. The van der Waals surface area contributed by atoms with Crippen LogP contribution in [0.3, 0.4) is 0 Å². The number of hydrogen-bond acceptors (Lipinski definition) is 2. The zero-order chi connectivity index (χ0) is 13.8. The second-order valence-corrected chi connectivity index (χ2v) is 4.03. The summed E-state index contributed by atoms with van der Waals surface area (Å²) in [6.07, 6.45) is -5.20. The first-order valence-corrected chi connectivity index (χ1v) is 5.51. The summed E-state index contributed by atoms with van der Waals surface area (Å²) in [6, 6.07) is 4.43. The quantitative estimate of drug-likeness (QED) is 0.494. The van der Waals surface area contributed by atoms with Crippen LogP contribution in [0.25, 0.3) is 0 Å².